The number of rotatable bonds is 12. The van der Waals surface area contributed by atoms with Crippen LogP contribution < -0.4 is 0 Å². The molecular weight excluding hydrogens is 322 g/mol. The highest BCUT2D eigenvalue weighted by Gasteiger charge is 2.19. The van der Waals surface area contributed by atoms with Crippen LogP contribution in [-0.2, 0) is 22.7 Å². The van der Waals surface area contributed by atoms with E-state index in [0.717, 1.165) is 0 Å². The van der Waals surface area contributed by atoms with Gasteiger partial charge in [-0.2, -0.15) is 0 Å². The first kappa shape index (κ1) is 20.9. The molecule has 0 radical (unpaired) electrons. The molecule has 0 aliphatic rings. The summed E-state index contributed by atoms with van der Waals surface area (Å²) in [5.41, 5.74) is 1.03. The zero-order valence-corrected chi connectivity index (χ0v) is 13.2. The Balaban J connectivity index is 2.57. The maximum atomic E-state index is 9.45. The van der Waals surface area contributed by atoms with E-state index in [1.807, 2.05) is 0 Å². The van der Waals surface area contributed by atoms with E-state index in [2.05, 4.69) is 4.98 Å². The average Bonchev–Trinajstić information content (AvgIpc) is 2.62. The Morgan fingerprint density at radius 1 is 0.750 bits per heavy atom. The third-order valence-corrected chi connectivity index (χ3v) is 3.35. The molecule has 138 valence electrons. The highest BCUT2D eigenvalue weighted by Crippen LogP contribution is 2.08. The first-order valence-corrected chi connectivity index (χ1v) is 7.53. The Hall–Kier alpha value is -1.17. The molecule has 1 aromatic rings. The predicted octanol–water partition coefficient (Wildman–Crippen LogP) is -2.46. The van der Waals surface area contributed by atoms with E-state index < -0.39 is 50.8 Å². The summed E-state index contributed by atoms with van der Waals surface area (Å²) in [6, 6.07) is 5.06. The monoisotopic (exact) mass is 347 g/mol. The third kappa shape index (κ3) is 6.75. The zero-order valence-electron chi connectivity index (χ0n) is 13.2. The van der Waals surface area contributed by atoms with Gasteiger partial charge in [-0.25, -0.2) is 0 Å². The number of aliphatic hydroxyl groups excluding tert-OH is 6. The summed E-state index contributed by atoms with van der Waals surface area (Å²) in [6.45, 7) is -1.91. The summed E-state index contributed by atoms with van der Waals surface area (Å²) in [4.78, 5) is 4.25. The van der Waals surface area contributed by atoms with Crippen molar-refractivity contribution < 1.29 is 40.1 Å². The van der Waals surface area contributed by atoms with E-state index >= 15 is 0 Å². The van der Waals surface area contributed by atoms with Crippen LogP contribution in [0.2, 0.25) is 0 Å². The molecule has 0 aromatic carbocycles. The number of hydrogen-bond donors (Lipinski definition) is 6. The smallest absolute Gasteiger partial charge is 0.109 e. The minimum absolute atomic E-state index is 0.0127. The molecule has 0 saturated carbocycles. The standard InChI is InChI=1S/C15H25NO8/c17-4-12(21)14(6-19)23-8-10-2-1-3-11(16-10)9-24-15(7-20)13(22)5-18/h1-3,12-15,17-22H,4-9H2. The molecule has 0 bridgehead atoms. The summed E-state index contributed by atoms with van der Waals surface area (Å²) >= 11 is 0. The quantitative estimate of drug-likeness (QED) is 0.242. The molecule has 9 heteroatoms. The van der Waals surface area contributed by atoms with Crippen LogP contribution in [0.5, 0.6) is 0 Å². The highest BCUT2D eigenvalue weighted by molar-refractivity contribution is 5.10. The molecule has 6 N–H and O–H groups in total. The lowest BCUT2D eigenvalue weighted by Crippen LogP contribution is -2.35. The van der Waals surface area contributed by atoms with Gasteiger partial charge in [-0.1, -0.05) is 6.07 Å². The van der Waals surface area contributed by atoms with E-state index in [-0.39, 0.29) is 13.2 Å². The van der Waals surface area contributed by atoms with Crippen molar-refractivity contribution in [3.8, 4) is 0 Å². The van der Waals surface area contributed by atoms with E-state index in [9.17, 15) is 10.2 Å². The average molecular weight is 347 g/mol. The first-order chi connectivity index (χ1) is 11.5. The highest BCUT2D eigenvalue weighted by atomic mass is 16.5. The summed E-state index contributed by atoms with van der Waals surface area (Å²) < 4.78 is 10.6. The van der Waals surface area contributed by atoms with Crippen LogP contribution in [0.1, 0.15) is 11.4 Å². The van der Waals surface area contributed by atoms with Gasteiger partial charge in [-0.3, -0.25) is 4.98 Å². The van der Waals surface area contributed by atoms with Gasteiger partial charge in [-0.05, 0) is 12.1 Å². The lowest BCUT2D eigenvalue weighted by atomic mass is 10.2. The van der Waals surface area contributed by atoms with Gasteiger partial charge >= 0.3 is 0 Å². The first-order valence-electron chi connectivity index (χ1n) is 7.53. The molecule has 0 aliphatic carbocycles. The van der Waals surface area contributed by atoms with Crippen LogP contribution in [-0.4, -0.2) is 86.5 Å². The summed E-state index contributed by atoms with van der Waals surface area (Å²) in [5.74, 6) is 0. The number of aliphatic hydroxyl groups is 6. The molecule has 24 heavy (non-hydrogen) atoms. The van der Waals surface area contributed by atoms with Crippen molar-refractivity contribution in [2.45, 2.75) is 37.6 Å². The normalized spacial score (nSPS) is 16.6. The number of aromatic nitrogens is 1. The van der Waals surface area contributed by atoms with E-state index in [1.165, 1.54) is 0 Å². The van der Waals surface area contributed by atoms with Crippen molar-refractivity contribution in [1.82, 2.24) is 4.98 Å². The molecule has 0 aliphatic heterocycles. The Bertz CT molecular complexity index is 424. The van der Waals surface area contributed by atoms with Crippen molar-refractivity contribution in [2.75, 3.05) is 26.4 Å². The summed E-state index contributed by atoms with van der Waals surface area (Å²) in [7, 11) is 0. The Morgan fingerprint density at radius 3 is 1.50 bits per heavy atom. The molecule has 0 amide bonds. The number of ether oxygens (including phenoxy) is 2. The van der Waals surface area contributed by atoms with Crippen molar-refractivity contribution in [3.05, 3.63) is 29.6 Å². The minimum atomic E-state index is -1.19. The molecular formula is C15H25NO8. The van der Waals surface area contributed by atoms with E-state index in [0.29, 0.717) is 11.4 Å². The number of hydrogen-bond acceptors (Lipinski definition) is 9. The van der Waals surface area contributed by atoms with Gasteiger partial charge in [0.1, 0.15) is 24.4 Å². The predicted molar refractivity (Wildman–Crippen MR) is 81.7 cm³/mol. The molecule has 0 spiro atoms. The maximum Gasteiger partial charge on any atom is 0.109 e. The van der Waals surface area contributed by atoms with E-state index in [4.69, 9.17) is 29.9 Å². The van der Waals surface area contributed by atoms with Gasteiger partial charge < -0.3 is 40.1 Å². The Morgan fingerprint density at radius 2 is 1.17 bits per heavy atom. The SMILES string of the molecule is OCC(O)C(CO)OCc1cccc(COC(CO)C(O)CO)n1. The van der Waals surface area contributed by atoms with Crippen LogP contribution in [0.4, 0.5) is 0 Å². The molecule has 4 unspecified atom stereocenters. The van der Waals surface area contributed by atoms with Gasteiger partial charge in [0.25, 0.3) is 0 Å². The van der Waals surface area contributed by atoms with Crippen molar-refractivity contribution in [3.63, 3.8) is 0 Å². The molecule has 9 nitrogen and oxygen atoms in total. The van der Waals surface area contributed by atoms with Gasteiger partial charge in [-0.15, -0.1) is 0 Å². The van der Waals surface area contributed by atoms with Crippen molar-refractivity contribution in [1.29, 1.82) is 0 Å². The summed E-state index contributed by atoms with van der Waals surface area (Å²) in [5, 5.41) is 54.8. The molecule has 0 fully saturated rings. The van der Waals surface area contributed by atoms with Gasteiger partial charge in [0, 0.05) is 0 Å². The van der Waals surface area contributed by atoms with Gasteiger partial charge in [0.2, 0.25) is 0 Å². The number of nitrogens with zero attached hydrogens (tertiary/aromatic N) is 1. The fourth-order valence-corrected chi connectivity index (χ4v) is 1.88. The van der Waals surface area contributed by atoms with Crippen LogP contribution in [0.25, 0.3) is 0 Å². The fourth-order valence-electron chi connectivity index (χ4n) is 1.88. The van der Waals surface area contributed by atoms with Crippen LogP contribution >= 0.6 is 0 Å². The van der Waals surface area contributed by atoms with Crippen LogP contribution in [0.3, 0.4) is 0 Å². The second-order valence-electron chi connectivity index (χ2n) is 5.18. The second-order valence-corrected chi connectivity index (χ2v) is 5.18. The fraction of sp³-hybridized carbons (Fsp3) is 0.667. The van der Waals surface area contributed by atoms with E-state index in [1.54, 1.807) is 18.2 Å². The third-order valence-electron chi connectivity index (χ3n) is 3.35. The lowest BCUT2D eigenvalue weighted by Gasteiger charge is -2.20. The molecule has 1 aromatic heterocycles. The largest absolute Gasteiger partial charge is 0.394 e. The Kier molecular flexibility index (Phi) is 9.91. The Labute approximate surface area is 139 Å². The molecule has 0 saturated heterocycles. The van der Waals surface area contributed by atoms with Crippen LogP contribution in [0.15, 0.2) is 18.2 Å². The second kappa shape index (κ2) is 11.4. The van der Waals surface area contributed by atoms with Crippen LogP contribution in [0, 0.1) is 0 Å². The molecule has 4 atom stereocenters. The maximum absolute atomic E-state index is 9.45. The minimum Gasteiger partial charge on any atom is -0.394 e. The summed E-state index contributed by atoms with van der Waals surface area (Å²) in [6.07, 6.45) is -4.22. The van der Waals surface area contributed by atoms with Gasteiger partial charge in [0.05, 0.1) is 51.0 Å². The van der Waals surface area contributed by atoms with Crippen molar-refractivity contribution in [2.24, 2.45) is 0 Å². The number of pyridine rings is 1. The zero-order chi connectivity index (χ0) is 17.9. The molecule has 1 heterocycles. The molecule has 1 rings (SSSR count). The van der Waals surface area contributed by atoms with Gasteiger partial charge in [0.15, 0.2) is 0 Å². The lowest BCUT2D eigenvalue weighted by molar-refractivity contribution is -0.0886. The van der Waals surface area contributed by atoms with Crippen molar-refractivity contribution >= 4 is 0 Å². The topological polar surface area (TPSA) is 153 Å².